The minimum Gasteiger partial charge on any atom is -0.339 e. The molecule has 4 rings (SSSR count). The summed E-state index contributed by atoms with van der Waals surface area (Å²) in [5.74, 6) is 0.203. The maximum Gasteiger partial charge on any atom is 0.241 e. The monoisotopic (exact) mass is 365 g/mol. The van der Waals surface area contributed by atoms with Crippen molar-refractivity contribution in [3.8, 4) is 0 Å². The first-order valence-corrected chi connectivity index (χ1v) is 9.67. The predicted octanol–water partition coefficient (Wildman–Crippen LogP) is 1.64. The Labute approximate surface area is 160 Å². The number of pyridine rings is 1. The van der Waals surface area contributed by atoms with Gasteiger partial charge in [0, 0.05) is 51.2 Å². The SMILES string of the molecule is Cc1ccccc1CN1CCN(C(=O)C2CC(c3ccncc3)NN2)CC1. The number of hydrogen-bond acceptors (Lipinski definition) is 5. The van der Waals surface area contributed by atoms with Gasteiger partial charge in [-0.2, -0.15) is 0 Å². The molecule has 6 nitrogen and oxygen atoms in total. The molecule has 2 aliphatic rings. The third-order valence-electron chi connectivity index (χ3n) is 5.65. The lowest BCUT2D eigenvalue weighted by Gasteiger charge is -2.36. The van der Waals surface area contributed by atoms with Crippen LogP contribution in [-0.4, -0.2) is 52.9 Å². The lowest BCUT2D eigenvalue weighted by molar-refractivity contribution is -0.135. The summed E-state index contributed by atoms with van der Waals surface area (Å²) in [6.45, 7) is 6.56. The quantitative estimate of drug-likeness (QED) is 0.863. The second kappa shape index (κ2) is 8.17. The van der Waals surface area contributed by atoms with E-state index < -0.39 is 0 Å². The summed E-state index contributed by atoms with van der Waals surface area (Å²) in [6, 6.07) is 12.5. The molecule has 0 radical (unpaired) electrons. The standard InChI is InChI=1S/C21H27N5O/c1-16-4-2-3-5-18(16)15-25-10-12-26(13-11-25)21(27)20-14-19(23-24-20)17-6-8-22-9-7-17/h2-9,19-20,23-24H,10-15H2,1H3. The van der Waals surface area contributed by atoms with Crippen LogP contribution in [0, 0.1) is 6.92 Å². The van der Waals surface area contributed by atoms with Crippen molar-refractivity contribution in [3.05, 3.63) is 65.5 Å². The number of nitrogens with one attached hydrogen (secondary N) is 2. The maximum atomic E-state index is 12.9. The maximum absolute atomic E-state index is 12.9. The van der Waals surface area contributed by atoms with Crippen LogP contribution in [0.25, 0.3) is 0 Å². The largest absolute Gasteiger partial charge is 0.339 e. The van der Waals surface area contributed by atoms with E-state index in [0.717, 1.165) is 44.7 Å². The van der Waals surface area contributed by atoms with Crippen LogP contribution in [0.5, 0.6) is 0 Å². The molecule has 2 N–H and O–H groups in total. The highest BCUT2D eigenvalue weighted by Crippen LogP contribution is 2.23. The van der Waals surface area contributed by atoms with Crippen molar-refractivity contribution in [1.29, 1.82) is 0 Å². The fourth-order valence-electron chi connectivity index (χ4n) is 3.91. The Morgan fingerprint density at radius 3 is 2.56 bits per heavy atom. The normalized spacial score (nSPS) is 23.5. The summed E-state index contributed by atoms with van der Waals surface area (Å²) >= 11 is 0. The van der Waals surface area contributed by atoms with Crippen molar-refractivity contribution in [2.75, 3.05) is 26.2 Å². The van der Waals surface area contributed by atoms with E-state index in [2.05, 4.69) is 51.9 Å². The van der Waals surface area contributed by atoms with Crippen LogP contribution in [0.3, 0.4) is 0 Å². The summed E-state index contributed by atoms with van der Waals surface area (Å²) in [5.41, 5.74) is 10.3. The topological polar surface area (TPSA) is 60.5 Å². The second-order valence-electron chi connectivity index (χ2n) is 7.44. The van der Waals surface area contributed by atoms with Crippen molar-refractivity contribution in [2.24, 2.45) is 0 Å². The summed E-state index contributed by atoms with van der Waals surface area (Å²) in [4.78, 5) is 21.4. The molecule has 2 aromatic rings. The Balaban J connectivity index is 1.28. The molecule has 1 amide bonds. The molecule has 6 heteroatoms. The van der Waals surface area contributed by atoms with Gasteiger partial charge in [0.25, 0.3) is 0 Å². The molecule has 2 unspecified atom stereocenters. The Bertz CT molecular complexity index is 773. The van der Waals surface area contributed by atoms with Gasteiger partial charge in [0.05, 0.1) is 0 Å². The van der Waals surface area contributed by atoms with E-state index >= 15 is 0 Å². The van der Waals surface area contributed by atoms with E-state index in [1.54, 1.807) is 12.4 Å². The highest BCUT2D eigenvalue weighted by atomic mass is 16.2. The van der Waals surface area contributed by atoms with Crippen molar-refractivity contribution < 1.29 is 4.79 Å². The Kier molecular flexibility index (Phi) is 5.48. The van der Waals surface area contributed by atoms with Gasteiger partial charge in [-0.1, -0.05) is 24.3 Å². The summed E-state index contributed by atoms with van der Waals surface area (Å²) < 4.78 is 0. The summed E-state index contributed by atoms with van der Waals surface area (Å²) in [7, 11) is 0. The molecule has 27 heavy (non-hydrogen) atoms. The fraction of sp³-hybridized carbons (Fsp3) is 0.429. The van der Waals surface area contributed by atoms with Crippen molar-refractivity contribution >= 4 is 5.91 Å². The highest BCUT2D eigenvalue weighted by molar-refractivity contribution is 5.82. The molecule has 1 aromatic carbocycles. The molecule has 142 valence electrons. The van der Waals surface area contributed by atoms with E-state index in [1.165, 1.54) is 11.1 Å². The number of benzene rings is 1. The molecule has 2 fully saturated rings. The predicted molar refractivity (Wildman–Crippen MR) is 105 cm³/mol. The van der Waals surface area contributed by atoms with Crippen LogP contribution in [0.15, 0.2) is 48.8 Å². The fourth-order valence-corrected chi connectivity index (χ4v) is 3.91. The minimum atomic E-state index is -0.161. The van der Waals surface area contributed by atoms with Crippen molar-refractivity contribution in [1.82, 2.24) is 25.6 Å². The second-order valence-corrected chi connectivity index (χ2v) is 7.44. The molecule has 0 spiro atoms. The van der Waals surface area contributed by atoms with E-state index in [0.29, 0.717) is 0 Å². The first-order chi connectivity index (χ1) is 13.2. The number of aromatic nitrogens is 1. The molecule has 2 aliphatic heterocycles. The van der Waals surface area contributed by atoms with Gasteiger partial charge < -0.3 is 4.90 Å². The average Bonchev–Trinajstić information content (AvgIpc) is 3.21. The van der Waals surface area contributed by atoms with Gasteiger partial charge in [-0.05, 0) is 42.2 Å². The zero-order chi connectivity index (χ0) is 18.6. The highest BCUT2D eigenvalue weighted by Gasteiger charge is 2.34. The van der Waals surface area contributed by atoms with Gasteiger partial charge in [0.15, 0.2) is 0 Å². The minimum absolute atomic E-state index is 0.157. The van der Waals surface area contributed by atoms with Crippen molar-refractivity contribution in [3.63, 3.8) is 0 Å². The van der Waals surface area contributed by atoms with E-state index in [9.17, 15) is 4.79 Å². The van der Waals surface area contributed by atoms with Crippen LogP contribution < -0.4 is 10.9 Å². The van der Waals surface area contributed by atoms with E-state index in [-0.39, 0.29) is 18.0 Å². The first kappa shape index (κ1) is 18.1. The molecule has 0 bridgehead atoms. The smallest absolute Gasteiger partial charge is 0.241 e. The van der Waals surface area contributed by atoms with Gasteiger partial charge in [-0.3, -0.25) is 14.7 Å². The third-order valence-corrected chi connectivity index (χ3v) is 5.65. The molecule has 3 heterocycles. The number of carbonyl (C=O) groups excluding carboxylic acids is 1. The van der Waals surface area contributed by atoms with Gasteiger partial charge in [0.2, 0.25) is 5.91 Å². The van der Waals surface area contributed by atoms with Crippen molar-refractivity contribution in [2.45, 2.75) is 32.0 Å². The summed E-state index contributed by atoms with van der Waals surface area (Å²) in [5, 5.41) is 0. The number of amides is 1. The van der Waals surface area contributed by atoms with Crippen LogP contribution in [0.4, 0.5) is 0 Å². The molecule has 2 saturated heterocycles. The number of piperazine rings is 1. The molecule has 0 aliphatic carbocycles. The van der Waals surface area contributed by atoms with Gasteiger partial charge >= 0.3 is 0 Å². The van der Waals surface area contributed by atoms with Gasteiger partial charge in [-0.25, -0.2) is 10.9 Å². The Hall–Kier alpha value is -2.28. The zero-order valence-electron chi connectivity index (χ0n) is 15.8. The van der Waals surface area contributed by atoms with E-state index in [4.69, 9.17) is 0 Å². The lowest BCUT2D eigenvalue weighted by Crippen LogP contribution is -2.53. The van der Waals surface area contributed by atoms with Crippen LogP contribution in [-0.2, 0) is 11.3 Å². The number of aryl methyl sites for hydroxylation is 1. The van der Waals surface area contributed by atoms with Gasteiger partial charge in [-0.15, -0.1) is 0 Å². The number of hydrazine groups is 1. The molecule has 2 atom stereocenters. The van der Waals surface area contributed by atoms with Crippen LogP contribution >= 0.6 is 0 Å². The van der Waals surface area contributed by atoms with E-state index in [1.807, 2.05) is 17.0 Å². The molecule has 0 saturated carbocycles. The van der Waals surface area contributed by atoms with Crippen LogP contribution in [0.1, 0.15) is 29.2 Å². The molecular weight excluding hydrogens is 338 g/mol. The zero-order valence-corrected chi connectivity index (χ0v) is 15.8. The number of hydrogen-bond donors (Lipinski definition) is 2. The third kappa shape index (κ3) is 4.18. The van der Waals surface area contributed by atoms with Gasteiger partial charge in [0.1, 0.15) is 6.04 Å². The average molecular weight is 365 g/mol. The lowest BCUT2D eigenvalue weighted by atomic mass is 10.0. The number of carbonyl (C=O) groups is 1. The van der Waals surface area contributed by atoms with Crippen LogP contribution in [0.2, 0.25) is 0 Å². The molecular formula is C21H27N5O. The number of rotatable bonds is 4. The molecule has 1 aromatic heterocycles. The number of nitrogens with zero attached hydrogens (tertiary/aromatic N) is 3. The Morgan fingerprint density at radius 1 is 1.07 bits per heavy atom. The first-order valence-electron chi connectivity index (χ1n) is 9.67. The summed E-state index contributed by atoms with van der Waals surface area (Å²) in [6.07, 6.45) is 4.35. The Morgan fingerprint density at radius 2 is 1.81 bits per heavy atom.